The maximum atomic E-state index is 14.4. The molecule has 4 aromatic rings. The molecule has 0 aliphatic carbocycles. The SMILES string of the molecule is C=C/C=C\C(=C/C)N1C(=O)/C(=C/c2cc(CC=C)c(OCc3ccc4c(c3)OCO4)c(OCC)c2)C(=O)N=C1SCC(=O)NC(c1ccccc1)c1ccccc1. The van der Waals surface area contributed by atoms with Gasteiger partial charge in [-0.15, -0.1) is 6.58 Å². The van der Waals surface area contributed by atoms with Gasteiger partial charge in [0, 0.05) is 11.3 Å². The lowest BCUT2D eigenvalue weighted by Crippen LogP contribution is -2.42. The molecule has 0 aromatic heterocycles. The average Bonchev–Trinajstić information content (AvgIpc) is 3.70. The van der Waals surface area contributed by atoms with Gasteiger partial charge in [-0.3, -0.25) is 19.3 Å². The van der Waals surface area contributed by atoms with Gasteiger partial charge in [-0.05, 0) is 78.9 Å². The van der Waals surface area contributed by atoms with Crippen molar-refractivity contribution in [3.63, 3.8) is 0 Å². The van der Waals surface area contributed by atoms with Crippen LogP contribution in [0, 0.1) is 0 Å². The molecule has 2 aliphatic rings. The number of nitrogens with one attached hydrogen (secondary N) is 1. The zero-order chi connectivity index (χ0) is 40.1. The molecular formula is C46H43N3O7S. The zero-order valence-electron chi connectivity index (χ0n) is 31.8. The number of nitrogens with zero attached hydrogens (tertiary/aromatic N) is 2. The predicted octanol–water partition coefficient (Wildman–Crippen LogP) is 8.51. The number of fused-ring (bicyclic) bond motifs is 1. The minimum absolute atomic E-state index is 0.0738. The summed E-state index contributed by atoms with van der Waals surface area (Å²) in [6.07, 6.45) is 10.3. The number of carbonyl (C=O) groups is 3. The minimum atomic E-state index is -0.736. The van der Waals surface area contributed by atoms with Gasteiger partial charge in [0.1, 0.15) is 12.2 Å². The summed E-state index contributed by atoms with van der Waals surface area (Å²) in [5, 5.41) is 3.19. The summed E-state index contributed by atoms with van der Waals surface area (Å²) in [5.74, 6) is 0.542. The molecule has 0 unspecified atom stereocenters. The third kappa shape index (κ3) is 9.81. The molecule has 0 spiro atoms. The summed E-state index contributed by atoms with van der Waals surface area (Å²) in [6.45, 7) is 12.1. The summed E-state index contributed by atoms with van der Waals surface area (Å²) in [4.78, 5) is 47.4. The van der Waals surface area contributed by atoms with Crippen molar-refractivity contribution in [2.24, 2.45) is 4.99 Å². The normalized spacial score (nSPS) is 14.6. The van der Waals surface area contributed by atoms with E-state index in [0.717, 1.165) is 34.0 Å². The maximum Gasteiger partial charge on any atom is 0.285 e. The molecule has 1 N–H and O–H groups in total. The van der Waals surface area contributed by atoms with Crippen molar-refractivity contribution < 1.29 is 33.3 Å². The fraction of sp³-hybridized carbons (Fsp3) is 0.174. The number of amides is 3. The molecule has 0 atom stereocenters. The number of rotatable bonds is 16. The van der Waals surface area contributed by atoms with E-state index in [0.29, 0.717) is 47.3 Å². The monoisotopic (exact) mass is 781 g/mol. The highest BCUT2D eigenvalue weighted by atomic mass is 32.2. The highest BCUT2D eigenvalue weighted by molar-refractivity contribution is 8.14. The first-order valence-corrected chi connectivity index (χ1v) is 19.4. The van der Waals surface area contributed by atoms with Crippen LogP contribution in [-0.2, 0) is 27.4 Å². The highest BCUT2D eigenvalue weighted by Crippen LogP contribution is 2.38. The number of allylic oxidation sites excluding steroid dienone is 5. The van der Waals surface area contributed by atoms with E-state index in [1.165, 1.54) is 11.0 Å². The first kappa shape index (κ1) is 40.1. The van der Waals surface area contributed by atoms with E-state index in [2.05, 4.69) is 23.5 Å². The highest BCUT2D eigenvalue weighted by Gasteiger charge is 2.35. The van der Waals surface area contributed by atoms with Crippen LogP contribution in [0.3, 0.4) is 0 Å². The minimum Gasteiger partial charge on any atom is -0.490 e. The molecule has 0 saturated carbocycles. The Morgan fingerprint density at radius 2 is 1.68 bits per heavy atom. The van der Waals surface area contributed by atoms with E-state index < -0.39 is 17.9 Å². The van der Waals surface area contributed by atoms with E-state index >= 15 is 0 Å². The Balaban J connectivity index is 1.28. The lowest BCUT2D eigenvalue weighted by Gasteiger charge is -2.28. The second-order valence-corrected chi connectivity index (χ2v) is 13.7. The number of thioether (sulfide) groups is 1. The van der Waals surface area contributed by atoms with E-state index in [1.54, 1.807) is 43.4 Å². The quantitative estimate of drug-likeness (QED) is 0.0521. The predicted molar refractivity (Wildman–Crippen MR) is 224 cm³/mol. The molecule has 0 saturated heterocycles. The number of hydrogen-bond donors (Lipinski definition) is 1. The van der Waals surface area contributed by atoms with Crippen molar-refractivity contribution in [3.8, 4) is 23.0 Å². The molecule has 10 nitrogen and oxygen atoms in total. The largest absolute Gasteiger partial charge is 0.490 e. The van der Waals surface area contributed by atoms with Crippen LogP contribution >= 0.6 is 11.8 Å². The third-order valence-corrected chi connectivity index (χ3v) is 9.80. The molecular weight excluding hydrogens is 739 g/mol. The van der Waals surface area contributed by atoms with E-state index in [4.69, 9.17) is 18.9 Å². The van der Waals surface area contributed by atoms with E-state index in [-0.39, 0.29) is 35.8 Å². The molecule has 3 amide bonds. The van der Waals surface area contributed by atoms with Gasteiger partial charge in [0.25, 0.3) is 11.8 Å². The maximum absolute atomic E-state index is 14.4. The van der Waals surface area contributed by atoms with Crippen LogP contribution in [0.1, 0.15) is 47.7 Å². The topological polar surface area (TPSA) is 116 Å². The number of carbonyl (C=O) groups excluding carboxylic acids is 3. The van der Waals surface area contributed by atoms with Crippen molar-refractivity contribution in [3.05, 3.63) is 174 Å². The lowest BCUT2D eigenvalue weighted by atomic mass is 9.99. The fourth-order valence-corrected chi connectivity index (χ4v) is 7.06. The fourth-order valence-electron chi connectivity index (χ4n) is 6.25. The molecule has 6 rings (SSSR count). The van der Waals surface area contributed by atoms with Gasteiger partial charge in [-0.2, -0.15) is 4.99 Å². The van der Waals surface area contributed by atoms with Crippen LogP contribution in [-0.4, -0.2) is 46.9 Å². The van der Waals surface area contributed by atoms with Crippen LogP contribution in [0.5, 0.6) is 23.0 Å². The molecule has 11 heteroatoms. The van der Waals surface area contributed by atoms with Gasteiger partial charge in [-0.25, -0.2) is 0 Å². The van der Waals surface area contributed by atoms with E-state index in [1.807, 2.05) is 91.9 Å². The Hall–Kier alpha value is -6.59. The smallest absolute Gasteiger partial charge is 0.285 e. The number of benzene rings is 4. The first-order valence-electron chi connectivity index (χ1n) is 18.4. The van der Waals surface area contributed by atoms with Crippen molar-refractivity contribution in [1.82, 2.24) is 10.2 Å². The second kappa shape index (κ2) is 19.3. The van der Waals surface area contributed by atoms with Crippen LogP contribution in [0.25, 0.3) is 6.08 Å². The van der Waals surface area contributed by atoms with E-state index in [9.17, 15) is 14.4 Å². The Kier molecular flexibility index (Phi) is 13.6. The van der Waals surface area contributed by atoms with Crippen LogP contribution in [0.2, 0.25) is 0 Å². The second-order valence-electron chi connectivity index (χ2n) is 12.7. The molecule has 2 aliphatic heterocycles. The van der Waals surface area contributed by atoms with Crippen LogP contribution in [0.15, 0.2) is 151 Å². The van der Waals surface area contributed by atoms with Gasteiger partial charge in [-0.1, -0.05) is 109 Å². The van der Waals surface area contributed by atoms with Crippen molar-refractivity contribution in [1.29, 1.82) is 0 Å². The molecule has 2 heterocycles. The standard InChI is InChI=1S/C46H43N3O7S/c1-5-9-21-36(7-3)49-45(52)37(44(51)48-46(49)57-29-41(50)47-42(33-17-12-10-13-18-33)34-19-14-11-15-20-34)25-32-24-35(16-6-2)43(40(27-32)53-8-4)54-28-31-22-23-38-39(26-31)56-30-55-38/h5-7,9-15,17-27,42H,1-2,8,16,28-30H2,3-4H3,(H,47,50)/b21-9-,36-7+,37-25+. The number of aliphatic imine (C=N–C) groups is 1. The Bertz CT molecular complexity index is 2220. The van der Waals surface area contributed by atoms with Crippen molar-refractivity contribution in [2.75, 3.05) is 19.2 Å². The Morgan fingerprint density at radius 1 is 0.965 bits per heavy atom. The summed E-state index contributed by atoms with van der Waals surface area (Å²) in [7, 11) is 0. The summed E-state index contributed by atoms with van der Waals surface area (Å²) >= 11 is 1.00. The molecule has 57 heavy (non-hydrogen) atoms. The zero-order valence-corrected chi connectivity index (χ0v) is 32.6. The third-order valence-electron chi connectivity index (χ3n) is 8.86. The van der Waals surface area contributed by atoms with Gasteiger partial charge >= 0.3 is 0 Å². The number of ether oxygens (including phenoxy) is 4. The van der Waals surface area contributed by atoms with Crippen molar-refractivity contribution >= 4 is 40.7 Å². The van der Waals surface area contributed by atoms with Crippen molar-refractivity contribution in [2.45, 2.75) is 32.9 Å². The number of amidine groups is 1. The summed E-state index contributed by atoms with van der Waals surface area (Å²) in [5.41, 5.74) is 4.27. The van der Waals surface area contributed by atoms with Crippen LogP contribution < -0.4 is 24.3 Å². The molecule has 290 valence electrons. The first-order chi connectivity index (χ1) is 27.8. The summed E-state index contributed by atoms with van der Waals surface area (Å²) < 4.78 is 23.3. The Labute approximate surface area is 336 Å². The van der Waals surface area contributed by atoms with Gasteiger partial charge < -0.3 is 24.3 Å². The summed E-state index contributed by atoms with van der Waals surface area (Å²) in [6, 6.07) is 28.1. The van der Waals surface area contributed by atoms with Gasteiger partial charge in [0.05, 0.1) is 18.4 Å². The van der Waals surface area contributed by atoms with Gasteiger partial charge in [0.2, 0.25) is 12.7 Å². The average molecular weight is 782 g/mol. The lowest BCUT2D eigenvalue weighted by molar-refractivity contribution is -0.126. The molecule has 0 radical (unpaired) electrons. The van der Waals surface area contributed by atoms with Gasteiger partial charge in [0.15, 0.2) is 28.2 Å². The number of hydrogen-bond acceptors (Lipinski definition) is 8. The molecule has 4 aromatic carbocycles. The Morgan fingerprint density at radius 3 is 2.35 bits per heavy atom. The van der Waals surface area contributed by atoms with Crippen LogP contribution in [0.4, 0.5) is 0 Å². The molecule has 0 bridgehead atoms. The molecule has 0 fully saturated rings.